The zero-order valence-electron chi connectivity index (χ0n) is 15.7. The minimum Gasteiger partial charge on any atom is -0.489 e. The van der Waals surface area contributed by atoms with Crippen molar-refractivity contribution in [1.29, 1.82) is 0 Å². The second kappa shape index (κ2) is 11.1. The van der Waals surface area contributed by atoms with E-state index in [-0.39, 0.29) is 42.4 Å². The minimum absolute atomic E-state index is 0. The van der Waals surface area contributed by atoms with Crippen LogP contribution in [0.15, 0.2) is 52.1 Å². The van der Waals surface area contributed by atoms with Gasteiger partial charge >= 0.3 is 0 Å². The molecule has 1 heterocycles. The number of aliphatic hydroxyl groups is 1. The van der Waals surface area contributed by atoms with Crippen LogP contribution in [0.1, 0.15) is 26.5 Å². The standard InChI is InChI=1S/C19H26FN3O3.HI/c1-4-21-18(23-13-19(3,24)17-9-6-10-25-17)22-12-14(2)26-16-8-5-7-15(20)11-16;/h5-11,14,24H,4,12-13H2,1-3H3,(H2,21,22,23);1H. The van der Waals surface area contributed by atoms with Gasteiger partial charge in [-0.15, -0.1) is 24.0 Å². The van der Waals surface area contributed by atoms with Crippen molar-refractivity contribution in [1.82, 2.24) is 10.6 Å². The predicted octanol–water partition coefficient (Wildman–Crippen LogP) is 3.27. The summed E-state index contributed by atoms with van der Waals surface area (Å²) in [6, 6.07) is 9.46. The lowest BCUT2D eigenvalue weighted by atomic mass is 10.0. The molecule has 1 aromatic carbocycles. The lowest BCUT2D eigenvalue weighted by Crippen LogP contribution is -2.42. The number of rotatable bonds is 8. The van der Waals surface area contributed by atoms with Gasteiger partial charge in [0.15, 0.2) is 5.96 Å². The van der Waals surface area contributed by atoms with Crippen LogP contribution in [0.4, 0.5) is 4.39 Å². The fraction of sp³-hybridized carbons (Fsp3) is 0.421. The van der Waals surface area contributed by atoms with Crippen molar-refractivity contribution < 1.29 is 18.7 Å². The second-order valence-corrected chi connectivity index (χ2v) is 6.21. The molecular formula is C19H27FIN3O3. The van der Waals surface area contributed by atoms with Gasteiger partial charge in [0.1, 0.15) is 29.0 Å². The zero-order chi connectivity index (χ0) is 19.0. The van der Waals surface area contributed by atoms with Crippen LogP contribution in [0.3, 0.4) is 0 Å². The Labute approximate surface area is 176 Å². The van der Waals surface area contributed by atoms with Gasteiger partial charge in [-0.3, -0.25) is 0 Å². The number of furan rings is 1. The summed E-state index contributed by atoms with van der Waals surface area (Å²) >= 11 is 0. The van der Waals surface area contributed by atoms with E-state index in [1.54, 1.807) is 31.2 Å². The van der Waals surface area contributed by atoms with Crippen LogP contribution in [0.25, 0.3) is 0 Å². The molecule has 0 radical (unpaired) electrons. The molecule has 0 bridgehead atoms. The summed E-state index contributed by atoms with van der Waals surface area (Å²) in [6.45, 7) is 6.75. The molecule has 1 aromatic heterocycles. The Morgan fingerprint density at radius 3 is 2.74 bits per heavy atom. The number of nitrogens with zero attached hydrogens (tertiary/aromatic N) is 1. The zero-order valence-corrected chi connectivity index (χ0v) is 18.1. The maximum Gasteiger partial charge on any atom is 0.191 e. The van der Waals surface area contributed by atoms with Crippen molar-refractivity contribution in [2.24, 2.45) is 4.99 Å². The smallest absolute Gasteiger partial charge is 0.191 e. The molecule has 0 saturated heterocycles. The van der Waals surface area contributed by atoms with Gasteiger partial charge in [-0.05, 0) is 45.0 Å². The molecule has 3 N–H and O–H groups in total. The maximum absolute atomic E-state index is 13.2. The van der Waals surface area contributed by atoms with Crippen molar-refractivity contribution in [2.75, 3.05) is 19.6 Å². The Bertz CT molecular complexity index is 708. The van der Waals surface area contributed by atoms with E-state index in [1.807, 2.05) is 13.8 Å². The lowest BCUT2D eigenvalue weighted by Gasteiger charge is -2.21. The molecule has 0 aliphatic rings. The number of halogens is 2. The van der Waals surface area contributed by atoms with Gasteiger partial charge in [0, 0.05) is 12.6 Å². The molecule has 8 heteroatoms. The van der Waals surface area contributed by atoms with Crippen molar-refractivity contribution in [3.8, 4) is 5.75 Å². The van der Waals surface area contributed by atoms with E-state index in [0.29, 0.717) is 30.6 Å². The van der Waals surface area contributed by atoms with E-state index < -0.39 is 5.60 Å². The van der Waals surface area contributed by atoms with E-state index in [1.165, 1.54) is 18.4 Å². The second-order valence-electron chi connectivity index (χ2n) is 6.21. The summed E-state index contributed by atoms with van der Waals surface area (Å²) in [7, 11) is 0. The monoisotopic (exact) mass is 491 g/mol. The molecule has 0 saturated carbocycles. The minimum atomic E-state index is -1.20. The lowest BCUT2D eigenvalue weighted by molar-refractivity contribution is 0.0437. The summed E-state index contributed by atoms with van der Waals surface area (Å²) in [5, 5.41) is 16.7. The Kier molecular flexibility index (Phi) is 9.57. The largest absolute Gasteiger partial charge is 0.489 e. The molecule has 2 aromatic rings. The summed E-state index contributed by atoms with van der Waals surface area (Å²) < 4.78 is 24.1. The van der Waals surface area contributed by atoms with E-state index in [4.69, 9.17) is 9.15 Å². The van der Waals surface area contributed by atoms with E-state index in [0.717, 1.165) is 0 Å². The highest BCUT2D eigenvalue weighted by Gasteiger charge is 2.26. The van der Waals surface area contributed by atoms with Gasteiger partial charge in [0.25, 0.3) is 0 Å². The first-order valence-electron chi connectivity index (χ1n) is 8.61. The van der Waals surface area contributed by atoms with Gasteiger partial charge in [-0.25, -0.2) is 9.38 Å². The van der Waals surface area contributed by atoms with Gasteiger partial charge in [0.05, 0.1) is 19.4 Å². The molecule has 6 nitrogen and oxygen atoms in total. The third-order valence-electron chi connectivity index (χ3n) is 3.63. The molecule has 2 rings (SSSR count). The topological polar surface area (TPSA) is 79.0 Å². The average Bonchev–Trinajstić information content (AvgIpc) is 3.13. The SMILES string of the molecule is CCNC(=NCC(C)(O)c1ccco1)NCC(C)Oc1cccc(F)c1.I. The molecule has 2 atom stereocenters. The number of hydrogen-bond acceptors (Lipinski definition) is 4. The number of benzene rings is 1. The number of nitrogens with one attached hydrogen (secondary N) is 2. The highest BCUT2D eigenvalue weighted by atomic mass is 127. The van der Waals surface area contributed by atoms with Crippen LogP contribution >= 0.6 is 24.0 Å². The van der Waals surface area contributed by atoms with Gasteiger partial charge in [-0.2, -0.15) is 0 Å². The highest BCUT2D eigenvalue weighted by Crippen LogP contribution is 2.21. The van der Waals surface area contributed by atoms with Crippen LogP contribution in [0, 0.1) is 5.82 Å². The molecule has 0 spiro atoms. The molecular weight excluding hydrogens is 464 g/mol. The number of aliphatic imine (C=N–C) groups is 1. The van der Waals surface area contributed by atoms with Crippen LogP contribution in [-0.2, 0) is 5.60 Å². The van der Waals surface area contributed by atoms with E-state index >= 15 is 0 Å². The summed E-state index contributed by atoms with van der Waals surface area (Å²) in [5.74, 6) is 1.15. The third-order valence-corrected chi connectivity index (χ3v) is 3.63. The number of hydrogen-bond donors (Lipinski definition) is 3. The molecule has 27 heavy (non-hydrogen) atoms. The van der Waals surface area contributed by atoms with E-state index in [2.05, 4.69) is 15.6 Å². The van der Waals surface area contributed by atoms with Gasteiger partial charge < -0.3 is 24.9 Å². The Hall–Kier alpha value is -1.81. The van der Waals surface area contributed by atoms with Crippen LogP contribution in [0.5, 0.6) is 5.75 Å². The molecule has 2 unspecified atom stereocenters. The van der Waals surface area contributed by atoms with Crippen molar-refractivity contribution >= 4 is 29.9 Å². The Balaban J connectivity index is 0.00000364. The normalized spacial score (nSPS) is 14.6. The molecule has 0 amide bonds. The maximum atomic E-state index is 13.2. The average molecular weight is 491 g/mol. The van der Waals surface area contributed by atoms with Crippen LogP contribution in [0.2, 0.25) is 0 Å². The molecule has 150 valence electrons. The Morgan fingerprint density at radius 1 is 1.33 bits per heavy atom. The van der Waals surface area contributed by atoms with Gasteiger partial charge in [0.2, 0.25) is 0 Å². The quantitative estimate of drug-likeness (QED) is 0.300. The Morgan fingerprint density at radius 2 is 2.11 bits per heavy atom. The third kappa shape index (κ3) is 7.76. The summed E-state index contributed by atoms with van der Waals surface area (Å²) in [5.41, 5.74) is -1.20. The highest BCUT2D eigenvalue weighted by molar-refractivity contribution is 14.0. The van der Waals surface area contributed by atoms with Gasteiger partial charge in [-0.1, -0.05) is 6.07 Å². The van der Waals surface area contributed by atoms with Crippen LogP contribution in [-0.4, -0.2) is 36.8 Å². The number of ether oxygens (including phenoxy) is 1. The molecule has 0 aliphatic heterocycles. The first kappa shape index (κ1) is 23.2. The molecule has 0 fully saturated rings. The van der Waals surface area contributed by atoms with Crippen LogP contribution < -0.4 is 15.4 Å². The van der Waals surface area contributed by atoms with Crippen molar-refractivity contribution in [3.05, 3.63) is 54.2 Å². The molecule has 0 aliphatic carbocycles. The van der Waals surface area contributed by atoms with Crippen molar-refractivity contribution in [2.45, 2.75) is 32.5 Å². The summed E-state index contributed by atoms with van der Waals surface area (Å²) in [4.78, 5) is 4.40. The van der Waals surface area contributed by atoms with Crippen molar-refractivity contribution in [3.63, 3.8) is 0 Å². The fourth-order valence-electron chi connectivity index (χ4n) is 2.29. The first-order chi connectivity index (χ1) is 12.4. The predicted molar refractivity (Wildman–Crippen MR) is 114 cm³/mol. The first-order valence-corrected chi connectivity index (χ1v) is 8.61. The number of guanidine groups is 1. The summed E-state index contributed by atoms with van der Waals surface area (Å²) in [6.07, 6.45) is 1.31. The fourth-order valence-corrected chi connectivity index (χ4v) is 2.29. The van der Waals surface area contributed by atoms with E-state index in [9.17, 15) is 9.50 Å².